The zero-order chi connectivity index (χ0) is 18.1. The third-order valence-corrected chi connectivity index (χ3v) is 3.84. The van der Waals surface area contributed by atoms with E-state index in [4.69, 9.17) is 21.6 Å². The van der Waals surface area contributed by atoms with E-state index in [1.165, 1.54) is 6.20 Å². The number of carbonyl (C=O) groups is 1. The second-order valence-corrected chi connectivity index (χ2v) is 5.58. The SMILES string of the molecule is COc1ccc(CNC(=O)/C(C#N)=C\NCc2ccccc2Cl)cc1. The van der Waals surface area contributed by atoms with Crippen LogP contribution < -0.4 is 15.4 Å². The number of nitrogens with one attached hydrogen (secondary N) is 2. The summed E-state index contributed by atoms with van der Waals surface area (Å²) in [6.07, 6.45) is 1.40. The molecule has 1 amide bonds. The Morgan fingerprint density at radius 2 is 1.92 bits per heavy atom. The maximum Gasteiger partial charge on any atom is 0.263 e. The Bertz CT molecular complexity index is 795. The molecule has 25 heavy (non-hydrogen) atoms. The summed E-state index contributed by atoms with van der Waals surface area (Å²) in [5.74, 6) is 0.307. The van der Waals surface area contributed by atoms with Crippen molar-refractivity contribution in [1.82, 2.24) is 10.6 Å². The van der Waals surface area contributed by atoms with E-state index in [9.17, 15) is 4.79 Å². The molecule has 0 atom stereocenters. The Labute approximate surface area is 151 Å². The van der Waals surface area contributed by atoms with Gasteiger partial charge in [-0.05, 0) is 29.3 Å². The summed E-state index contributed by atoms with van der Waals surface area (Å²) in [4.78, 5) is 12.1. The molecule has 6 heteroatoms. The first-order valence-electron chi connectivity index (χ1n) is 7.62. The fourth-order valence-electron chi connectivity index (χ4n) is 2.07. The van der Waals surface area contributed by atoms with Crippen LogP contribution in [0.15, 0.2) is 60.3 Å². The van der Waals surface area contributed by atoms with Gasteiger partial charge in [-0.1, -0.05) is 41.9 Å². The van der Waals surface area contributed by atoms with Gasteiger partial charge in [0.05, 0.1) is 7.11 Å². The van der Waals surface area contributed by atoms with Crippen LogP contribution in [-0.2, 0) is 17.9 Å². The van der Waals surface area contributed by atoms with Gasteiger partial charge in [0.15, 0.2) is 0 Å². The second kappa shape index (κ2) is 9.36. The van der Waals surface area contributed by atoms with Gasteiger partial charge >= 0.3 is 0 Å². The molecule has 0 aliphatic heterocycles. The number of hydrogen-bond acceptors (Lipinski definition) is 4. The number of benzene rings is 2. The molecule has 2 N–H and O–H groups in total. The molecule has 0 aromatic heterocycles. The summed E-state index contributed by atoms with van der Waals surface area (Å²) in [7, 11) is 1.59. The summed E-state index contributed by atoms with van der Waals surface area (Å²) in [5.41, 5.74) is 1.80. The van der Waals surface area contributed by atoms with Crippen LogP contribution in [0.3, 0.4) is 0 Å². The number of halogens is 1. The molecule has 0 saturated carbocycles. The van der Waals surface area contributed by atoms with E-state index in [0.29, 0.717) is 18.1 Å². The zero-order valence-corrected chi connectivity index (χ0v) is 14.5. The Morgan fingerprint density at radius 1 is 1.20 bits per heavy atom. The fraction of sp³-hybridized carbons (Fsp3) is 0.158. The number of nitriles is 1. The number of carbonyl (C=O) groups excluding carboxylic acids is 1. The van der Waals surface area contributed by atoms with E-state index < -0.39 is 5.91 Å². The van der Waals surface area contributed by atoms with Crippen LogP contribution in [0.2, 0.25) is 5.02 Å². The molecular formula is C19H18ClN3O2. The molecule has 0 unspecified atom stereocenters. The van der Waals surface area contributed by atoms with Gasteiger partial charge in [-0.15, -0.1) is 0 Å². The predicted molar refractivity (Wildman–Crippen MR) is 96.8 cm³/mol. The molecule has 0 spiro atoms. The van der Waals surface area contributed by atoms with Crippen molar-refractivity contribution < 1.29 is 9.53 Å². The van der Waals surface area contributed by atoms with Crippen LogP contribution in [0.1, 0.15) is 11.1 Å². The lowest BCUT2D eigenvalue weighted by Gasteiger charge is -2.07. The third kappa shape index (κ3) is 5.55. The van der Waals surface area contributed by atoms with Crippen molar-refractivity contribution in [2.45, 2.75) is 13.1 Å². The number of ether oxygens (including phenoxy) is 1. The van der Waals surface area contributed by atoms with Gasteiger partial charge in [-0.25, -0.2) is 0 Å². The van der Waals surface area contributed by atoms with Crippen LogP contribution in [0.25, 0.3) is 0 Å². The van der Waals surface area contributed by atoms with E-state index in [1.54, 1.807) is 13.2 Å². The largest absolute Gasteiger partial charge is 0.497 e. The lowest BCUT2D eigenvalue weighted by atomic mass is 10.2. The van der Waals surface area contributed by atoms with Gasteiger partial charge in [0.25, 0.3) is 5.91 Å². The molecule has 2 aromatic rings. The Hall–Kier alpha value is -2.97. The second-order valence-electron chi connectivity index (χ2n) is 5.17. The summed E-state index contributed by atoms with van der Waals surface area (Å²) >= 11 is 6.06. The van der Waals surface area contributed by atoms with Crippen LogP contribution in [0.5, 0.6) is 5.75 Å². The molecule has 0 radical (unpaired) electrons. The summed E-state index contributed by atoms with van der Waals surface area (Å²) < 4.78 is 5.08. The highest BCUT2D eigenvalue weighted by atomic mass is 35.5. The van der Waals surface area contributed by atoms with Gasteiger partial charge in [0.1, 0.15) is 17.4 Å². The first-order chi connectivity index (χ1) is 12.1. The third-order valence-electron chi connectivity index (χ3n) is 3.47. The quantitative estimate of drug-likeness (QED) is 0.591. The Balaban J connectivity index is 1.89. The highest BCUT2D eigenvalue weighted by Crippen LogP contribution is 2.14. The molecule has 0 fully saturated rings. The minimum Gasteiger partial charge on any atom is -0.497 e. The van der Waals surface area contributed by atoms with Crippen molar-refractivity contribution in [3.63, 3.8) is 0 Å². The summed E-state index contributed by atoms with van der Waals surface area (Å²) in [6, 6.07) is 16.6. The number of hydrogen-bond donors (Lipinski definition) is 2. The maximum absolute atomic E-state index is 12.1. The van der Waals surface area contributed by atoms with Crippen molar-refractivity contribution in [2.75, 3.05) is 7.11 Å². The zero-order valence-electron chi connectivity index (χ0n) is 13.8. The molecular weight excluding hydrogens is 338 g/mol. The smallest absolute Gasteiger partial charge is 0.263 e. The molecule has 0 aliphatic rings. The van der Waals surface area contributed by atoms with Crippen molar-refractivity contribution >= 4 is 17.5 Å². The number of amides is 1. The first kappa shape index (κ1) is 18.4. The van der Waals surface area contributed by atoms with Crippen molar-refractivity contribution in [3.8, 4) is 11.8 Å². The van der Waals surface area contributed by atoms with Crippen molar-refractivity contribution in [2.24, 2.45) is 0 Å². The monoisotopic (exact) mass is 355 g/mol. The van der Waals surface area contributed by atoms with Gasteiger partial charge in [0.2, 0.25) is 0 Å². The van der Waals surface area contributed by atoms with E-state index in [1.807, 2.05) is 48.5 Å². The molecule has 5 nitrogen and oxygen atoms in total. The topological polar surface area (TPSA) is 74.1 Å². The van der Waals surface area contributed by atoms with Crippen LogP contribution in [0.4, 0.5) is 0 Å². The summed E-state index contributed by atoms with van der Waals surface area (Å²) in [5, 5.41) is 15.4. The Kier molecular flexibility index (Phi) is 6.87. The summed E-state index contributed by atoms with van der Waals surface area (Å²) in [6.45, 7) is 0.753. The fourth-order valence-corrected chi connectivity index (χ4v) is 2.28. The van der Waals surface area contributed by atoms with Crippen LogP contribution in [-0.4, -0.2) is 13.0 Å². The molecule has 0 bridgehead atoms. The molecule has 0 saturated heterocycles. The average Bonchev–Trinajstić information content (AvgIpc) is 2.65. The molecule has 0 heterocycles. The van der Waals surface area contributed by atoms with E-state index in [-0.39, 0.29) is 5.57 Å². The first-order valence-corrected chi connectivity index (χ1v) is 8.00. The minimum atomic E-state index is -0.440. The molecule has 0 aliphatic carbocycles. The number of nitrogens with zero attached hydrogens (tertiary/aromatic N) is 1. The van der Waals surface area contributed by atoms with Gasteiger partial charge in [0, 0.05) is 24.3 Å². The highest BCUT2D eigenvalue weighted by molar-refractivity contribution is 6.31. The standard InChI is InChI=1S/C19H18ClN3O2/c1-25-17-8-6-14(7-9-17)11-23-19(24)16(10-21)13-22-12-15-4-2-3-5-18(15)20/h2-9,13,22H,11-12H2,1H3,(H,23,24)/b16-13-. The lowest BCUT2D eigenvalue weighted by Crippen LogP contribution is -2.25. The molecule has 2 aromatic carbocycles. The molecule has 2 rings (SSSR count). The van der Waals surface area contributed by atoms with Crippen LogP contribution in [0, 0.1) is 11.3 Å². The van der Waals surface area contributed by atoms with Gasteiger partial charge < -0.3 is 15.4 Å². The molecule has 128 valence electrons. The predicted octanol–water partition coefficient (Wildman–Crippen LogP) is 3.16. The minimum absolute atomic E-state index is 0.000523. The Morgan fingerprint density at radius 3 is 2.56 bits per heavy atom. The van der Waals surface area contributed by atoms with Gasteiger partial charge in [-0.2, -0.15) is 5.26 Å². The van der Waals surface area contributed by atoms with E-state index in [2.05, 4.69) is 10.6 Å². The normalized spacial score (nSPS) is 10.7. The maximum atomic E-state index is 12.1. The van der Waals surface area contributed by atoms with E-state index >= 15 is 0 Å². The lowest BCUT2D eigenvalue weighted by molar-refractivity contribution is -0.117. The number of methoxy groups -OCH3 is 1. The van der Waals surface area contributed by atoms with E-state index in [0.717, 1.165) is 16.9 Å². The van der Waals surface area contributed by atoms with Crippen LogP contribution >= 0.6 is 11.6 Å². The van der Waals surface area contributed by atoms with Crippen molar-refractivity contribution in [1.29, 1.82) is 5.26 Å². The average molecular weight is 356 g/mol. The van der Waals surface area contributed by atoms with Crippen molar-refractivity contribution in [3.05, 3.63) is 76.5 Å². The number of rotatable bonds is 7. The van der Waals surface area contributed by atoms with Gasteiger partial charge in [-0.3, -0.25) is 4.79 Å². The highest BCUT2D eigenvalue weighted by Gasteiger charge is 2.08.